The van der Waals surface area contributed by atoms with Crippen LogP contribution in [0.15, 0.2) is 36.7 Å². The quantitative estimate of drug-likeness (QED) is 0.782. The fourth-order valence-electron chi connectivity index (χ4n) is 2.10. The number of ether oxygens (including phenoxy) is 1. The lowest BCUT2D eigenvalue weighted by molar-refractivity contribution is 0.0948. The Hall–Kier alpha value is -2.63. The topological polar surface area (TPSA) is 76.1 Å². The molecule has 0 bridgehead atoms. The Labute approximate surface area is 136 Å². The Morgan fingerprint density at radius 1 is 1.17 bits per heavy atom. The highest BCUT2D eigenvalue weighted by atomic mass is 16.5. The van der Waals surface area contributed by atoms with Gasteiger partial charge >= 0.3 is 0 Å². The number of para-hydroxylation sites is 1. The molecule has 0 radical (unpaired) electrons. The van der Waals surface area contributed by atoms with E-state index < -0.39 is 0 Å². The van der Waals surface area contributed by atoms with Crippen LogP contribution < -0.4 is 15.4 Å². The molecule has 0 atom stereocenters. The van der Waals surface area contributed by atoms with Gasteiger partial charge in [-0.05, 0) is 24.5 Å². The number of methoxy groups -OCH3 is 1. The molecule has 2 rings (SSSR count). The second kappa shape index (κ2) is 8.73. The summed E-state index contributed by atoms with van der Waals surface area (Å²) in [6.07, 6.45) is 4.76. The summed E-state index contributed by atoms with van der Waals surface area (Å²) in [5.41, 5.74) is 1.37. The molecule has 0 unspecified atom stereocenters. The maximum Gasteiger partial charge on any atom is 0.271 e. The minimum absolute atomic E-state index is 0.227. The van der Waals surface area contributed by atoms with E-state index in [9.17, 15) is 4.79 Å². The highest BCUT2D eigenvalue weighted by Gasteiger charge is 2.08. The molecule has 0 fully saturated rings. The van der Waals surface area contributed by atoms with Crippen molar-refractivity contribution in [1.82, 2.24) is 15.3 Å². The van der Waals surface area contributed by atoms with Gasteiger partial charge in [0.2, 0.25) is 0 Å². The SMILES string of the molecule is CCCNc1cnc(C(=O)NCCc2ccccc2OC)cn1. The third-order valence-electron chi connectivity index (χ3n) is 3.31. The number of hydrogen-bond acceptors (Lipinski definition) is 5. The second-order valence-electron chi connectivity index (χ2n) is 5.03. The van der Waals surface area contributed by atoms with Crippen molar-refractivity contribution >= 4 is 11.7 Å². The number of amides is 1. The van der Waals surface area contributed by atoms with E-state index in [2.05, 4.69) is 27.5 Å². The molecule has 1 amide bonds. The summed E-state index contributed by atoms with van der Waals surface area (Å²) < 4.78 is 5.29. The molecular weight excluding hydrogens is 292 g/mol. The average molecular weight is 314 g/mol. The van der Waals surface area contributed by atoms with E-state index >= 15 is 0 Å². The summed E-state index contributed by atoms with van der Waals surface area (Å²) in [7, 11) is 1.64. The molecule has 0 saturated heterocycles. The fourth-order valence-corrected chi connectivity index (χ4v) is 2.10. The van der Waals surface area contributed by atoms with Crippen LogP contribution in [-0.4, -0.2) is 36.1 Å². The molecule has 0 saturated carbocycles. The standard InChI is InChI=1S/C17H22N4O2/c1-3-9-18-16-12-20-14(11-21-16)17(22)19-10-8-13-6-4-5-7-15(13)23-2/h4-7,11-12H,3,8-10H2,1-2H3,(H,18,21)(H,19,22). The number of benzene rings is 1. The van der Waals surface area contributed by atoms with Crippen LogP contribution in [0.3, 0.4) is 0 Å². The molecule has 0 spiro atoms. The maximum absolute atomic E-state index is 12.0. The Morgan fingerprint density at radius 2 is 2.00 bits per heavy atom. The van der Waals surface area contributed by atoms with Gasteiger partial charge in [-0.15, -0.1) is 0 Å². The molecule has 1 aromatic carbocycles. The molecule has 0 aliphatic rings. The monoisotopic (exact) mass is 314 g/mol. The highest BCUT2D eigenvalue weighted by Crippen LogP contribution is 2.17. The molecule has 6 heteroatoms. The van der Waals surface area contributed by atoms with Gasteiger partial charge in [-0.25, -0.2) is 9.97 Å². The van der Waals surface area contributed by atoms with Gasteiger partial charge < -0.3 is 15.4 Å². The lowest BCUT2D eigenvalue weighted by Crippen LogP contribution is -2.26. The molecule has 1 aromatic heterocycles. The van der Waals surface area contributed by atoms with Gasteiger partial charge in [0.05, 0.1) is 19.5 Å². The molecule has 2 N–H and O–H groups in total. The van der Waals surface area contributed by atoms with Crippen LogP contribution >= 0.6 is 0 Å². The molecule has 23 heavy (non-hydrogen) atoms. The first-order valence-electron chi connectivity index (χ1n) is 7.70. The van der Waals surface area contributed by atoms with Gasteiger partial charge in [0, 0.05) is 13.1 Å². The average Bonchev–Trinajstić information content (AvgIpc) is 2.60. The van der Waals surface area contributed by atoms with Crippen LogP contribution in [0.4, 0.5) is 5.82 Å². The highest BCUT2D eigenvalue weighted by molar-refractivity contribution is 5.92. The molecule has 0 aliphatic heterocycles. The summed E-state index contributed by atoms with van der Waals surface area (Å²) in [5, 5.41) is 5.96. The van der Waals surface area contributed by atoms with Crippen LogP contribution in [0, 0.1) is 0 Å². The van der Waals surface area contributed by atoms with Crippen molar-refractivity contribution in [1.29, 1.82) is 0 Å². The number of hydrogen-bond donors (Lipinski definition) is 2. The van der Waals surface area contributed by atoms with Crippen molar-refractivity contribution in [2.75, 3.05) is 25.5 Å². The minimum atomic E-state index is -0.227. The van der Waals surface area contributed by atoms with E-state index in [-0.39, 0.29) is 5.91 Å². The number of nitrogens with one attached hydrogen (secondary N) is 2. The Morgan fingerprint density at radius 3 is 2.70 bits per heavy atom. The summed E-state index contributed by atoms with van der Waals surface area (Å²) in [6.45, 7) is 3.42. The first kappa shape index (κ1) is 16.7. The second-order valence-corrected chi connectivity index (χ2v) is 5.03. The van der Waals surface area contributed by atoms with E-state index in [1.165, 1.54) is 6.20 Å². The van der Waals surface area contributed by atoms with E-state index in [1.54, 1.807) is 13.3 Å². The third-order valence-corrected chi connectivity index (χ3v) is 3.31. The van der Waals surface area contributed by atoms with Gasteiger partial charge in [-0.3, -0.25) is 4.79 Å². The summed E-state index contributed by atoms with van der Waals surface area (Å²) in [5.74, 6) is 1.28. The van der Waals surface area contributed by atoms with Gasteiger partial charge in [0.15, 0.2) is 0 Å². The van der Waals surface area contributed by atoms with Crippen molar-refractivity contribution < 1.29 is 9.53 Å². The molecule has 0 aliphatic carbocycles. The van der Waals surface area contributed by atoms with Crippen molar-refractivity contribution in [3.8, 4) is 5.75 Å². The molecule has 6 nitrogen and oxygen atoms in total. The predicted molar refractivity (Wildman–Crippen MR) is 89.8 cm³/mol. The van der Waals surface area contributed by atoms with E-state index in [4.69, 9.17) is 4.74 Å². The largest absolute Gasteiger partial charge is 0.496 e. The van der Waals surface area contributed by atoms with E-state index in [1.807, 2.05) is 24.3 Å². The predicted octanol–water partition coefficient (Wildman–Crippen LogP) is 2.28. The summed E-state index contributed by atoms with van der Waals surface area (Å²) in [4.78, 5) is 20.4. The van der Waals surface area contributed by atoms with Crippen LogP contribution in [0.25, 0.3) is 0 Å². The maximum atomic E-state index is 12.0. The van der Waals surface area contributed by atoms with Crippen LogP contribution in [-0.2, 0) is 6.42 Å². The zero-order valence-corrected chi connectivity index (χ0v) is 13.5. The summed E-state index contributed by atoms with van der Waals surface area (Å²) in [6, 6.07) is 7.77. The lowest BCUT2D eigenvalue weighted by Gasteiger charge is -2.09. The Kier molecular flexibility index (Phi) is 6.35. The van der Waals surface area contributed by atoms with Crippen molar-refractivity contribution in [3.63, 3.8) is 0 Å². The normalized spacial score (nSPS) is 10.2. The van der Waals surface area contributed by atoms with Gasteiger partial charge in [0.25, 0.3) is 5.91 Å². The lowest BCUT2D eigenvalue weighted by atomic mass is 10.1. The van der Waals surface area contributed by atoms with Crippen molar-refractivity contribution in [2.45, 2.75) is 19.8 Å². The number of nitrogens with zero attached hydrogens (tertiary/aromatic N) is 2. The van der Waals surface area contributed by atoms with Gasteiger partial charge in [-0.2, -0.15) is 0 Å². The third kappa shape index (κ3) is 4.95. The van der Waals surface area contributed by atoms with Crippen molar-refractivity contribution in [2.24, 2.45) is 0 Å². The van der Waals surface area contributed by atoms with Crippen LogP contribution in [0.2, 0.25) is 0 Å². The van der Waals surface area contributed by atoms with Crippen molar-refractivity contribution in [3.05, 3.63) is 47.9 Å². The smallest absolute Gasteiger partial charge is 0.271 e. The summed E-state index contributed by atoms with van der Waals surface area (Å²) >= 11 is 0. The Bertz CT molecular complexity index is 629. The zero-order chi connectivity index (χ0) is 16.5. The first-order chi connectivity index (χ1) is 11.2. The fraction of sp³-hybridized carbons (Fsp3) is 0.353. The number of anilines is 1. The van der Waals surface area contributed by atoms with Gasteiger partial charge in [-0.1, -0.05) is 25.1 Å². The molecule has 122 valence electrons. The van der Waals surface area contributed by atoms with E-state index in [0.717, 1.165) is 24.3 Å². The van der Waals surface area contributed by atoms with Crippen LogP contribution in [0.5, 0.6) is 5.75 Å². The zero-order valence-electron chi connectivity index (χ0n) is 13.5. The van der Waals surface area contributed by atoms with Gasteiger partial charge in [0.1, 0.15) is 17.3 Å². The Balaban J connectivity index is 1.84. The number of carbonyl (C=O) groups excluding carboxylic acids is 1. The molecule has 2 aromatic rings. The number of aromatic nitrogens is 2. The molecular formula is C17H22N4O2. The van der Waals surface area contributed by atoms with Crippen LogP contribution in [0.1, 0.15) is 29.4 Å². The number of carbonyl (C=O) groups is 1. The van der Waals surface area contributed by atoms with E-state index in [0.29, 0.717) is 24.5 Å². The minimum Gasteiger partial charge on any atom is -0.496 e. The first-order valence-corrected chi connectivity index (χ1v) is 7.70. The molecule has 1 heterocycles. The number of rotatable bonds is 8.